The zero-order chi connectivity index (χ0) is 23.9. The molecule has 0 atom stereocenters. The highest BCUT2D eigenvalue weighted by Crippen LogP contribution is 2.21. The van der Waals surface area contributed by atoms with Crippen LogP contribution in [0, 0.1) is 6.92 Å². The summed E-state index contributed by atoms with van der Waals surface area (Å²) in [5.41, 5.74) is 2.81. The van der Waals surface area contributed by atoms with E-state index in [0.29, 0.717) is 49.8 Å². The maximum Gasteiger partial charge on any atom is 0.253 e. The molecule has 1 N–H and O–H groups in total. The average molecular weight is 462 g/mol. The molecule has 0 bridgehead atoms. The lowest BCUT2D eigenvalue weighted by atomic mass is 10.0. The molecule has 178 valence electrons. The van der Waals surface area contributed by atoms with E-state index >= 15 is 0 Å². The Bertz CT molecular complexity index is 1100. The second kappa shape index (κ2) is 11.0. The molecule has 1 aliphatic heterocycles. The number of aromatic nitrogens is 1. The number of aryl methyl sites for hydroxylation is 2. The van der Waals surface area contributed by atoms with E-state index in [9.17, 15) is 9.59 Å². The van der Waals surface area contributed by atoms with Crippen LogP contribution in [0.2, 0.25) is 0 Å². The largest absolute Gasteiger partial charge is 0.494 e. The van der Waals surface area contributed by atoms with E-state index in [1.165, 1.54) is 5.56 Å². The van der Waals surface area contributed by atoms with Crippen LogP contribution in [0.15, 0.2) is 59.1 Å². The molecule has 0 aliphatic carbocycles. The summed E-state index contributed by atoms with van der Waals surface area (Å²) in [4.78, 5) is 31.4. The van der Waals surface area contributed by atoms with Gasteiger partial charge in [0.05, 0.1) is 12.8 Å². The van der Waals surface area contributed by atoms with E-state index in [0.717, 1.165) is 24.2 Å². The SMILES string of the molecule is CCOc1ccc(C(=O)N2CCC(NC(=O)CCc3ncc(-c4ccc(C)cc4)o3)CC2)cc1. The fraction of sp³-hybridized carbons (Fsp3) is 0.370. The number of piperidine rings is 1. The Morgan fingerprint density at radius 1 is 1.09 bits per heavy atom. The lowest BCUT2D eigenvalue weighted by molar-refractivity contribution is -0.122. The Morgan fingerprint density at radius 2 is 1.79 bits per heavy atom. The third kappa shape index (κ3) is 6.04. The van der Waals surface area contributed by atoms with Gasteiger partial charge in [-0.15, -0.1) is 0 Å². The molecule has 7 nitrogen and oxygen atoms in total. The van der Waals surface area contributed by atoms with Crippen LogP contribution in [0.4, 0.5) is 0 Å². The summed E-state index contributed by atoms with van der Waals surface area (Å²) in [5, 5.41) is 3.09. The van der Waals surface area contributed by atoms with Crippen LogP contribution in [0.3, 0.4) is 0 Å². The number of nitrogens with one attached hydrogen (secondary N) is 1. The van der Waals surface area contributed by atoms with E-state index in [4.69, 9.17) is 9.15 Å². The minimum absolute atomic E-state index is 0.0149. The first-order valence-corrected chi connectivity index (χ1v) is 11.8. The minimum Gasteiger partial charge on any atom is -0.494 e. The Labute approximate surface area is 200 Å². The maximum absolute atomic E-state index is 12.8. The van der Waals surface area contributed by atoms with Gasteiger partial charge in [0.15, 0.2) is 11.7 Å². The molecule has 0 unspecified atom stereocenters. The number of benzene rings is 2. The molecular weight excluding hydrogens is 430 g/mol. The average Bonchev–Trinajstić information content (AvgIpc) is 3.33. The molecule has 0 radical (unpaired) electrons. The van der Waals surface area contributed by atoms with Crippen molar-refractivity contribution in [1.29, 1.82) is 0 Å². The summed E-state index contributed by atoms with van der Waals surface area (Å²) in [6.45, 7) is 5.81. The first-order chi connectivity index (χ1) is 16.5. The summed E-state index contributed by atoms with van der Waals surface area (Å²) in [5.74, 6) is 2.02. The van der Waals surface area contributed by atoms with E-state index in [1.54, 1.807) is 18.3 Å². The van der Waals surface area contributed by atoms with Crippen LogP contribution < -0.4 is 10.1 Å². The van der Waals surface area contributed by atoms with E-state index in [-0.39, 0.29) is 17.9 Å². The van der Waals surface area contributed by atoms with Crippen molar-refractivity contribution in [1.82, 2.24) is 15.2 Å². The number of rotatable bonds is 8. The maximum atomic E-state index is 12.8. The highest BCUT2D eigenvalue weighted by molar-refractivity contribution is 5.94. The van der Waals surface area contributed by atoms with Gasteiger partial charge in [0, 0.05) is 43.1 Å². The molecule has 1 aliphatic rings. The van der Waals surface area contributed by atoms with E-state index < -0.39 is 0 Å². The smallest absolute Gasteiger partial charge is 0.253 e. The lowest BCUT2D eigenvalue weighted by Gasteiger charge is -2.32. The molecule has 4 rings (SSSR count). The van der Waals surface area contributed by atoms with Gasteiger partial charge in [-0.3, -0.25) is 9.59 Å². The van der Waals surface area contributed by atoms with Crippen LogP contribution in [0.1, 0.15) is 48.0 Å². The monoisotopic (exact) mass is 461 g/mol. The van der Waals surface area contributed by atoms with Crippen LogP contribution in [-0.4, -0.2) is 47.4 Å². The van der Waals surface area contributed by atoms with Crippen molar-refractivity contribution in [3.05, 3.63) is 71.7 Å². The molecule has 34 heavy (non-hydrogen) atoms. The summed E-state index contributed by atoms with van der Waals surface area (Å²) < 4.78 is 11.2. The molecule has 7 heteroatoms. The van der Waals surface area contributed by atoms with Crippen molar-refractivity contribution in [3.63, 3.8) is 0 Å². The molecule has 1 aromatic heterocycles. The van der Waals surface area contributed by atoms with Gasteiger partial charge >= 0.3 is 0 Å². The van der Waals surface area contributed by atoms with Crippen LogP contribution in [0.5, 0.6) is 5.75 Å². The zero-order valence-corrected chi connectivity index (χ0v) is 19.8. The molecule has 1 saturated heterocycles. The van der Waals surface area contributed by atoms with E-state index in [1.807, 2.05) is 55.1 Å². The predicted octanol–water partition coefficient (Wildman–Crippen LogP) is 4.40. The molecule has 1 fully saturated rings. The van der Waals surface area contributed by atoms with Crippen molar-refractivity contribution >= 4 is 11.8 Å². The standard InChI is InChI=1S/C27H31N3O4/c1-3-33-23-10-8-21(9-11-23)27(32)30-16-14-22(15-17-30)29-25(31)12-13-26-28-18-24(34-26)20-6-4-19(2)5-7-20/h4-11,18,22H,3,12-17H2,1-2H3,(H,29,31). The first-order valence-electron chi connectivity index (χ1n) is 11.8. The van der Waals surface area contributed by atoms with Gasteiger partial charge < -0.3 is 19.4 Å². The van der Waals surface area contributed by atoms with Gasteiger partial charge in [-0.1, -0.05) is 29.8 Å². The van der Waals surface area contributed by atoms with Crippen molar-refractivity contribution in [2.45, 2.75) is 45.6 Å². The van der Waals surface area contributed by atoms with Crippen molar-refractivity contribution in [3.8, 4) is 17.1 Å². The predicted molar refractivity (Wildman–Crippen MR) is 130 cm³/mol. The number of oxazole rings is 1. The molecule has 2 aromatic carbocycles. The Kier molecular flexibility index (Phi) is 7.62. The second-order valence-corrected chi connectivity index (χ2v) is 8.58. The summed E-state index contributed by atoms with van der Waals surface area (Å²) in [7, 11) is 0. The number of carbonyl (C=O) groups is 2. The second-order valence-electron chi connectivity index (χ2n) is 8.58. The number of hydrogen-bond acceptors (Lipinski definition) is 5. The highest BCUT2D eigenvalue weighted by atomic mass is 16.5. The topological polar surface area (TPSA) is 84.7 Å². The molecule has 3 aromatic rings. The van der Waals surface area contributed by atoms with Crippen LogP contribution in [-0.2, 0) is 11.2 Å². The third-order valence-corrected chi connectivity index (χ3v) is 6.02. The molecular formula is C27H31N3O4. The molecule has 2 amide bonds. The minimum atomic E-state index is -0.0219. The number of amides is 2. The summed E-state index contributed by atoms with van der Waals surface area (Å²) in [6, 6.07) is 15.4. The van der Waals surface area contributed by atoms with Gasteiger partial charge in [-0.25, -0.2) is 4.98 Å². The third-order valence-electron chi connectivity index (χ3n) is 6.02. The fourth-order valence-electron chi connectivity index (χ4n) is 4.07. The van der Waals surface area contributed by atoms with Crippen LogP contribution in [0.25, 0.3) is 11.3 Å². The fourth-order valence-corrected chi connectivity index (χ4v) is 4.07. The van der Waals surface area contributed by atoms with Crippen molar-refractivity contribution in [2.24, 2.45) is 0 Å². The van der Waals surface area contributed by atoms with Crippen LogP contribution >= 0.6 is 0 Å². The van der Waals surface area contributed by atoms with Gasteiger partial charge in [-0.2, -0.15) is 0 Å². The Hall–Kier alpha value is -3.61. The number of ether oxygens (including phenoxy) is 1. The zero-order valence-electron chi connectivity index (χ0n) is 19.8. The first kappa shape index (κ1) is 23.5. The van der Waals surface area contributed by atoms with Crippen molar-refractivity contribution in [2.75, 3.05) is 19.7 Å². The van der Waals surface area contributed by atoms with Gasteiger partial charge in [-0.05, 0) is 51.0 Å². The van der Waals surface area contributed by atoms with Crippen molar-refractivity contribution < 1.29 is 18.7 Å². The van der Waals surface area contributed by atoms with Gasteiger partial charge in [0.2, 0.25) is 5.91 Å². The Morgan fingerprint density at radius 3 is 2.47 bits per heavy atom. The Balaban J connectivity index is 1.20. The van der Waals surface area contributed by atoms with Gasteiger partial charge in [0.25, 0.3) is 5.91 Å². The highest BCUT2D eigenvalue weighted by Gasteiger charge is 2.24. The number of carbonyl (C=O) groups excluding carboxylic acids is 2. The normalized spacial score (nSPS) is 14.1. The molecule has 0 saturated carbocycles. The molecule has 0 spiro atoms. The number of nitrogens with zero attached hydrogens (tertiary/aromatic N) is 2. The number of hydrogen-bond donors (Lipinski definition) is 1. The quantitative estimate of drug-likeness (QED) is 0.537. The van der Waals surface area contributed by atoms with E-state index in [2.05, 4.69) is 10.3 Å². The molecule has 2 heterocycles. The number of likely N-dealkylation sites (tertiary alicyclic amines) is 1. The summed E-state index contributed by atoms with van der Waals surface area (Å²) >= 11 is 0. The van der Waals surface area contributed by atoms with Gasteiger partial charge in [0.1, 0.15) is 5.75 Å². The summed E-state index contributed by atoms with van der Waals surface area (Å²) in [6.07, 6.45) is 3.96. The lowest BCUT2D eigenvalue weighted by Crippen LogP contribution is -2.46.